The quantitative estimate of drug-likeness (QED) is 0.869. The highest BCUT2D eigenvalue weighted by Gasteiger charge is 2.52. The van der Waals surface area contributed by atoms with Gasteiger partial charge in [-0.1, -0.05) is 18.2 Å². The van der Waals surface area contributed by atoms with Gasteiger partial charge >= 0.3 is 0 Å². The summed E-state index contributed by atoms with van der Waals surface area (Å²) in [6, 6.07) is 6.77. The van der Waals surface area contributed by atoms with E-state index in [1.54, 1.807) is 18.2 Å². The molecule has 5 heteroatoms. The molecule has 106 valence electrons. The number of benzene rings is 1. The van der Waals surface area contributed by atoms with E-state index >= 15 is 0 Å². The van der Waals surface area contributed by atoms with Gasteiger partial charge in [0.05, 0.1) is 5.41 Å². The van der Waals surface area contributed by atoms with Crippen molar-refractivity contribution in [3.63, 3.8) is 0 Å². The molecule has 1 aliphatic carbocycles. The lowest BCUT2D eigenvalue weighted by Gasteiger charge is -2.18. The molecular weight excluding hydrogens is 267 g/mol. The maximum Gasteiger partial charge on any atom is 0.230 e. The minimum absolute atomic E-state index is 0. The van der Waals surface area contributed by atoms with Crippen LogP contribution in [0.25, 0.3) is 0 Å². The fraction of sp³-hybridized carbons (Fsp3) is 0.500. The highest BCUT2D eigenvalue weighted by atomic mass is 35.5. The first-order chi connectivity index (χ1) is 8.60. The monoisotopic (exact) mass is 286 g/mol. The van der Waals surface area contributed by atoms with E-state index in [9.17, 15) is 9.18 Å². The van der Waals surface area contributed by atoms with Gasteiger partial charge in [-0.25, -0.2) is 4.39 Å². The summed E-state index contributed by atoms with van der Waals surface area (Å²) in [7, 11) is 1.85. The number of amides is 1. The molecule has 0 radical (unpaired) electrons. The molecule has 0 heterocycles. The molecule has 1 aromatic rings. The summed E-state index contributed by atoms with van der Waals surface area (Å²) < 4.78 is 13.8. The Hall–Kier alpha value is -1.13. The normalized spacial score (nSPS) is 17.2. The van der Waals surface area contributed by atoms with Gasteiger partial charge in [0, 0.05) is 18.2 Å². The molecule has 1 fully saturated rings. The summed E-state index contributed by atoms with van der Waals surface area (Å²) >= 11 is 0. The zero-order valence-corrected chi connectivity index (χ0v) is 12.0. The third-order valence-corrected chi connectivity index (χ3v) is 3.64. The molecule has 1 amide bonds. The summed E-state index contributed by atoms with van der Waals surface area (Å²) in [5.41, 5.74) is -0.0988. The Labute approximate surface area is 119 Å². The van der Waals surface area contributed by atoms with E-state index in [0.29, 0.717) is 12.1 Å². The molecule has 0 aromatic heterocycles. The van der Waals surface area contributed by atoms with Crippen molar-refractivity contribution in [2.45, 2.75) is 31.2 Å². The lowest BCUT2D eigenvalue weighted by Crippen LogP contribution is -2.42. The van der Waals surface area contributed by atoms with Crippen molar-refractivity contribution in [3.8, 4) is 0 Å². The fourth-order valence-corrected chi connectivity index (χ4v) is 2.11. The highest BCUT2D eigenvalue weighted by molar-refractivity contribution is 5.91. The number of hydrogen-bond acceptors (Lipinski definition) is 2. The Morgan fingerprint density at radius 3 is 2.58 bits per heavy atom. The van der Waals surface area contributed by atoms with E-state index in [-0.39, 0.29) is 30.2 Å². The van der Waals surface area contributed by atoms with Gasteiger partial charge in [-0.2, -0.15) is 0 Å². The van der Waals surface area contributed by atoms with E-state index in [2.05, 4.69) is 10.6 Å². The Bertz CT molecular complexity index is 449. The predicted molar refractivity (Wildman–Crippen MR) is 76.1 cm³/mol. The molecule has 1 unspecified atom stereocenters. The first-order valence-corrected chi connectivity index (χ1v) is 6.31. The summed E-state index contributed by atoms with van der Waals surface area (Å²) in [5.74, 6) is -0.346. The van der Waals surface area contributed by atoms with Crippen LogP contribution in [0, 0.1) is 5.82 Å². The molecule has 0 bridgehead atoms. The van der Waals surface area contributed by atoms with Gasteiger partial charge in [-0.3, -0.25) is 4.79 Å². The first-order valence-electron chi connectivity index (χ1n) is 6.31. The Balaban J connectivity index is 0.00000180. The van der Waals surface area contributed by atoms with Crippen LogP contribution in [0.2, 0.25) is 0 Å². The van der Waals surface area contributed by atoms with Crippen LogP contribution >= 0.6 is 12.4 Å². The van der Waals surface area contributed by atoms with Gasteiger partial charge in [-0.15, -0.1) is 12.4 Å². The predicted octanol–water partition coefficient (Wildman–Crippen LogP) is 2.00. The lowest BCUT2D eigenvalue weighted by atomic mass is 9.94. The van der Waals surface area contributed by atoms with Crippen molar-refractivity contribution in [3.05, 3.63) is 35.6 Å². The number of carbonyl (C=O) groups is 1. The minimum Gasteiger partial charge on any atom is -0.354 e. The molecule has 1 saturated carbocycles. The van der Waals surface area contributed by atoms with Crippen LogP contribution in [0.5, 0.6) is 0 Å². The fourth-order valence-electron chi connectivity index (χ4n) is 2.11. The maximum absolute atomic E-state index is 13.8. The smallest absolute Gasteiger partial charge is 0.230 e. The van der Waals surface area contributed by atoms with Crippen molar-refractivity contribution in [2.75, 3.05) is 13.6 Å². The topological polar surface area (TPSA) is 41.1 Å². The number of rotatable bonds is 5. The molecule has 0 saturated heterocycles. The van der Waals surface area contributed by atoms with Crippen molar-refractivity contribution >= 4 is 18.3 Å². The third-order valence-electron chi connectivity index (χ3n) is 3.64. The summed E-state index contributed by atoms with van der Waals surface area (Å²) in [6.07, 6.45) is 1.46. The molecule has 3 nitrogen and oxygen atoms in total. The zero-order chi connectivity index (χ0) is 13.2. The van der Waals surface area contributed by atoms with Crippen molar-refractivity contribution in [1.82, 2.24) is 10.6 Å². The van der Waals surface area contributed by atoms with Crippen molar-refractivity contribution < 1.29 is 9.18 Å². The van der Waals surface area contributed by atoms with E-state index in [1.807, 2.05) is 14.0 Å². The lowest BCUT2D eigenvalue weighted by molar-refractivity contribution is -0.123. The summed E-state index contributed by atoms with van der Waals surface area (Å²) in [4.78, 5) is 12.2. The van der Waals surface area contributed by atoms with Gasteiger partial charge < -0.3 is 10.6 Å². The second-order valence-electron chi connectivity index (χ2n) is 4.96. The molecule has 19 heavy (non-hydrogen) atoms. The SMILES string of the molecule is CNC(C)CNC(=O)C1(c2ccccc2F)CC1.Cl. The molecule has 1 aromatic carbocycles. The van der Waals surface area contributed by atoms with E-state index in [0.717, 1.165) is 12.8 Å². The van der Waals surface area contributed by atoms with Crippen LogP contribution in [0.15, 0.2) is 24.3 Å². The van der Waals surface area contributed by atoms with Gasteiger partial charge in [0.15, 0.2) is 0 Å². The molecule has 2 rings (SSSR count). The molecular formula is C14H20ClFN2O. The van der Waals surface area contributed by atoms with Crippen molar-refractivity contribution in [2.24, 2.45) is 0 Å². The van der Waals surface area contributed by atoms with Crippen LogP contribution in [-0.2, 0) is 10.2 Å². The molecule has 0 spiro atoms. The van der Waals surface area contributed by atoms with Crippen LogP contribution in [0.1, 0.15) is 25.3 Å². The number of likely N-dealkylation sites (N-methyl/N-ethyl adjacent to an activating group) is 1. The highest BCUT2D eigenvalue weighted by Crippen LogP contribution is 2.49. The molecule has 0 aliphatic heterocycles. The van der Waals surface area contributed by atoms with E-state index in [4.69, 9.17) is 0 Å². The third kappa shape index (κ3) is 3.25. The maximum atomic E-state index is 13.8. The Kier molecular flexibility index (Phi) is 5.32. The standard InChI is InChI=1S/C14H19FN2O.ClH/c1-10(16-2)9-17-13(18)14(7-8-14)11-5-3-4-6-12(11)15;/h3-6,10,16H,7-9H2,1-2H3,(H,17,18);1H. The van der Waals surface area contributed by atoms with Gasteiger partial charge in [0.1, 0.15) is 5.82 Å². The van der Waals surface area contributed by atoms with Gasteiger partial charge in [0.25, 0.3) is 0 Å². The average Bonchev–Trinajstić information content (AvgIpc) is 3.17. The number of halogens is 2. The van der Waals surface area contributed by atoms with Gasteiger partial charge in [0.2, 0.25) is 5.91 Å². The van der Waals surface area contributed by atoms with Crippen molar-refractivity contribution in [1.29, 1.82) is 0 Å². The van der Waals surface area contributed by atoms with Gasteiger partial charge in [-0.05, 0) is 32.9 Å². The first kappa shape index (κ1) is 15.9. The van der Waals surface area contributed by atoms with E-state index in [1.165, 1.54) is 6.07 Å². The van der Waals surface area contributed by atoms with Crippen LogP contribution in [-0.4, -0.2) is 25.5 Å². The number of carbonyl (C=O) groups excluding carboxylic acids is 1. The second-order valence-corrected chi connectivity index (χ2v) is 4.96. The Morgan fingerprint density at radius 2 is 2.05 bits per heavy atom. The summed E-state index contributed by atoms with van der Waals surface area (Å²) in [5, 5.41) is 5.95. The number of nitrogens with one attached hydrogen (secondary N) is 2. The van der Waals surface area contributed by atoms with Crippen LogP contribution < -0.4 is 10.6 Å². The second kappa shape index (κ2) is 6.35. The molecule has 1 aliphatic rings. The summed E-state index contributed by atoms with van der Waals surface area (Å²) in [6.45, 7) is 2.55. The van der Waals surface area contributed by atoms with E-state index < -0.39 is 5.41 Å². The molecule has 1 atom stereocenters. The number of hydrogen-bond donors (Lipinski definition) is 2. The average molecular weight is 287 g/mol. The largest absolute Gasteiger partial charge is 0.354 e. The van der Waals surface area contributed by atoms with Crippen LogP contribution in [0.3, 0.4) is 0 Å². The zero-order valence-electron chi connectivity index (χ0n) is 11.2. The Morgan fingerprint density at radius 1 is 1.42 bits per heavy atom. The minimum atomic E-state index is -0.626. The van der Waals surface area contributed by atoms with Crippen LogP contribution in [0.4, 0.5) is 4.39 Å². The molecule has 2 N–H and O–H groups in total.